The van der Waals surface area contributed by atoms with E-state index in [4.69, 9.17) is 5.11 Å². The van der Waals surface area contributed by atoms with Gasteiger partial charge < -0.3 is 10.4 Å². The zero-order chi connectivity index (χ0) is 13.5. The standard InChI is InChI=1S/C11H13F2NO3S/c12-9(13)6-8(11(16)17)14-10(15)4-3-7-2-1-5-18-7/h1-2,5,8-9H,3-4,6H2,(H,14,15)(H,16,17). The number of rotatable bonds is 7. The highest BCUT2D eigenvalue weighted by molar-refractivity contribution is 7.09. The third-order valence-electron chi connectivity index (χ3n) is 2.23. The van der Waals surface area contributed by atoms with Crippen LogP contribution in [0.15, 0.2) is 17.5 Å². The van der Waals surface area contributed by atoms with Gasteiger partial charge in [-0.1, -0.05) is 6.07 Å². The van der Waals surface area contributed by atoms with Gasteiger partial charge in [0.2, 0.25) is 12.3 Å². The molecule has 1 amide bonds. The summed E-state index contributed by atoms with van der Waals surface area (Å²) in [6.45, 7) is 0. The van der Waals surface area contributed by atoms with Crippen LogP contribution in [0.25, 0.3) is 0 Å². The summed E-state index contributed by atoms with van der Waals surface area (Å²) in [7, 11) is 0. The average molecular weight is 277 g/mol. The Hall–Kier alpha value is -1.50. The van der Waals surface area contributed by atoms with Gasteiger partial charge in [0.1, 0.15) is 6.04 Å². The molecule has 1 aromatic heterocycles. The number of halogens is 2. The second-order valence-electron chi connectivity index (χ2n) is 3.66. The quantitative estimate of drug-likeness (QED) is 0.800. The molecule has 0 saturated heterocycles. The number of amides is 1. The second kappa shape index (κ2) is 7.05. The number of carboxylic acid groups (broad SMARTS) is 1. The Morgan fingerprint density at radius 3 is 2.67 bits per heavy atom. The van der Waals surface area contributed by atoms with Gasteiger partial charge in [0.25, 0.3) is 0 Å². The summed E-state index contributed by atoms with van der Waals surface area (Å²) < 4.78 is 24.2. The topological polar surface area (TPSA) is 66.4 Å². The van der Waals surface area contributed by atoms with Gasteiger partial charge in [0.15, 0.2) is 0 Å². The number of nitrogens with one attached hydrogen (secondary N) is 1. The predicted molar refractivity (Wildman–Crippen MR) is 62.8 cm³/mol. The Morgan fingerprint density at radius 2 is 2.17 bits per heavy atom. The van der Waals surface area contributed by atoms with Crippen molar-refractivity contribution < 1.29 is 23.5 Å². The molecule has 7 heteroatoms. The molecule has 0 aliphatic carbocycles. The average Bonchev–Trinajstić information content (AvgIpc) is 2.77. The number of hydrogen-bond acceptors (Lipinski definition) is 3. The smallest absolute Gasteiger partial charge is 0.326 e. The summed E-state index contributed by atoms with van der Waals surface area (Å²) in [6.07, 6.45) is -3.07. The molecule has 1 heterocycles. The highest BCUT2D eigenvalue weighted by Crippen LogP contribution is 2.11. The molecule has 0 aliphatic heterocycles. The molecular weight excluding hydrogens is 264 g/mol. The van der Waals surface area contributed by atoms with E-state index in [0.29, 0.717) is 6.42 Å². The van der Waals surface area contributed by atoms with Crippen LogP contribution in [0, 0.1) is 0 Å². The van der Waals surface area contributed by atoms with Gasteiger partial charge in [-0.2, -0.15) is 0 Å². The van der Waals surface area contributed by atoms with Crippen molar-refractivity contribution in [3.05, 3.63) is 22.4 Å². The number of alkyl halides is 2. The molecule has 1 unspecified atom stereocenters. The molecule has 0 radical (unpaired) electrons. The molecule has 0 bridgehead atoms. The molecule has 0 fully saturated rings. The van der Waals surface area contributed by atoms with Gasteiger partial charge in [-0.05, 0) is 17.9 Å². The monoisotopic (exact) mass is 277 g/mol. The van der Waals surface area contributed by atoms with Crippen molar-refractivity contribution in [2.24, 2.45) is 0 Å². The fourth-order valence-electron chi connectivity index (χ4n) is 1.36. The summed E-state index contributed by atoms with van der Waals surface area (Å²) in [6, 6.07) is 2.17. The zero-order valence-electron chi connectivity index (χ0n) is 9.44. The van der Waals surface area contributed by atoms with Crippen LogP contribution >= 0.6 is 11.3 Å². The number of thiophene rings is 1. The molecule has 2 N–H and O–H groups in total. The first-order chi connectivity index (χ1) is 8.49. The highest BCUT2D eigenvalue weighted by atomic mass is 32.1. The van der Waals surface area contributed by atoms with E-state index < -0.39 is 30.8 Å². The van der Waals surface area contributed by atoms with Crippen molar-refractivity contribution >= 4 is 23.2 Å². The minimum Gasteiger partial charge on any atom is -0.480 e. The number of hydrogen-bond donors (Lipinski definition) is 2. The largest absolute Gasteiger partial charge is 0.480 e. The Labute approximate surface area is 107 Å². The van der Waals surface area contributed by atoms with E-state index >= 15 is 0 Å². The first-order valence-electron chi connectivity index (χ1n) is 5.31. The number of aryl methyl sites for hydroxylation is 1. The minimum absolute atomic E-state index is 0.0908. The molecule has 1 aromatic rings. The van der Waals surface area contributed by atoms with E-state index in [1.807, 2.05) is 17.5 Å². The van der Waals surface area contributed by atoms with Crippen LogP contribution in [0.3, 0.4) is 0 Å². The van der Waals surface area contributed by atoms with Crippen LogP contribution in [0.5, 0.6) is 0 Å². The Morgan fingerprint density at radius 1 is 1.44 bits per heavy atom. The fourth-order valence-corrected chi connectivity index (χ4v) is 2.07. The lowest BCUT2D eigenvalue weighted by Crippen LogP contribution is -2.42. The van der Waals surface area contributed by atoms with E-state index in [1.165, 1.54) is 11.3 Å². The van der Waals surface area contributed by atoms with Crippen molar-refractivity contribution in [3.63, 3.8) is 0 Å². The van der Waals surface area contributed by atoms with Gasteiger partial charge >= 0.3 is 5.97 Å². The SMILES string of the molecule is O=C(CCc1cccs1)NC(CC(F)F)C(=O)O. The normalized spacial score (nSPS) is 12.4. The first-order valence-corrected chi connectivity index (χ1v) is 6.19. The Bertz CT molecular complexity index is 395. The maximum absolute atomic E-state index is 12.1. The minimum atomic E-state index is -2.76. The third-order valence-corrected chi connectivity index (χ3v) is 3.16. The third kappa shape index (κ3) is 5.22. The number of carboxylic acids is 1. The van der Waals surface area contributed by atoms with Crippen LogP contribution in [-0.2, 0) is 16.0 Å². The zero-order valence-corrected chi connectivity index (χ0v) is 10.3. The van der Waals surface area contributed by atoms with Gasteiger partial charge in [-0.25, -0.2) is 13.6 Å². The molecule has 0 spiro atoms. The van der Waals surface area contributed by atoms with E-state index in [1.54, 1.807) is 0 Å². The first kappa shape index (κ1) is 14.6. The van der Waals surface area contributed by atoms with E-state index in [2.05, 4.69) is 5.32 Å². The lowest BCUT2D eigenvalue weighted by molar-refractivity contribution is -0.143. The van der Waals surface area contributed by atoms with Crippen molar-refractivity contribution in [2.45, 2.75) is 31.7 Å². The van der Waals surface area contributed by atoms with E-state index in [9.17, 15) is 18.4 Å². The predicted octanol–water partition coefficient (Wildman–Crippen LogP) is 1.91. The Kier molecular flexibility index (Phi) is 5.70. The van der Waals surface area contributed by atoms with Crippen LogP contribution in [0.4, 0.5) is 8.78 Å². The molecule has 0 aliphatic rings. The van der Waals surface area contributed by atoms with Crippen LogP contribution in [-0.4, -0.2) is 29.5 Å². The maximum atomic E-state index is 12.1. The van der Waals surface area contributed by atoms with Gasteiger partial charge in [-0.3, -0.25) is 4.79 Å². The van der Waals surface area contributed by atoms with Gasteiger partial charge in [0.05, 0.1) is 0 Å². The van der Waals surface area contributed by atoms with Crippen LogP contribution < -0.4 is 5.32 Å². The Balaban J connectivity index is 2.39. The molecule has 4 nitrogen and oxygen atoms in total. The molecule has 0 saturated carbocycles. The number of carbonyl (C=O) groups is 2. The molecule has 1 rings (SSSR count). The van der Waals surface area contributed by atoms with Gasteiger partial charge in [-0.15, -0.1) is 11.3 Å². The number of aliphatic carboxylic acids is 1. The second-order valence-corrected chi connectivity index (χ2v) is 4.70. The number of carbonyl (C=O) groups excluding carboxylic acids is 1. The van der Waals surface area contributed by atoms with Crippen LogP contribution in [0.2, 0.25) is 0 Å². The van der Waals surface area contributed by atoms with Gasteiger partial charge in [0, 0.05) is 17.7 Å². The van der Waals surface area contributed by atoms with Crippen molar-refractivity contribution in [3.8, 4) is 0 Å². The maximum Gasteiger partial charge on any atom is 0.326 e. The fraction of sp³-hybridized carbons (Fsp3) is 0.455. The van der Waals surface area contributed by atoms with Crippen molar-refractivity contribution in [2.75, 3.05) is 0 Å². The van der Waals surface area contributed by atoms with E-state index in [-0.39, 0.29) is 6.42 Å². The van der Waals surface area contributed by atoms with E-state index in [0.717, 1.165) is 4.88 Å². The molecule has 18 heavy (non-hydrogen) atoms. The molecule has 100 valence electrons. The summed E-state index contributed by atoms with van der Waals surface area (Å²) in [5, 5.41) is 12.6. The molecule has 0 aromatic carbocycles. The summed E-state index contributed by atoms with van der Waals surface area (Å²) in [4.78, 5) is 23.1. The highest BCUT2D eigenvalue weighted by Gasteiger charge is 2.23. The summed E-state index contributed by atoms with van der Waals surface area (Å²) >= 11 is 1.48. The van der Waals surface area contributed by atoms with Crippen molar-refractivity contribution in [1.29, 1.82) is 0 Å². The summed E-state index contributed by atoms with van der Waals surface area (Å²) in [5.41, 5.74) is 0. The van der Waals surface area contributed by atoms with Crippen molar-refractivity contribution in [1.82, 2.24) is 5.32 Å². The lowest BCUT2D eigenvalue weighted by Gasteiger charge is -2.13. The summed E-state index contributed by atoms with van der Waals surface area (Å²) in [5.74, 6) is -1.98. The lowest BCUT2D eigenvalue weighted by atomic mass is 10.2. The van der Waals surface area contributed by atoms with Crippen LogP contribution in [0.1, 0.15) is 17.7 Å². The molecule has 1 atom stereocenters. The molecular formula is C11H13F2NO3S.